The first-order valence-electron chi connectivity index (χ1n) is 3.46. The average Bonchev–Trinajstić information content (AvgIpc) is 1.87. The summed E-state index contributed by atoms with van der Waals surface area (Å²) in [6.07, 6.45) is 0. The molecule has 0 aromatic carbocycles. The van der Waals surface area contributed by atoms with E-state index in [1.807, 2.05) is 6.92 Å². The van der Waals surface area contributed by atoms with E-state index in [9.17, 15) is 0 Å². The topological polar surface area (TPSA) is 52.8 Å². The van der Waals surface area contributed by atoms with Gasteiger partial charge in [0.15, 0.2) is 0 Å². The van der Waals surface area contributed by atoms with Crippen molar-refractivity contribution in [3.63, 3.8) is 0 Å². The van der Waals surface area contributed by atoms with Gasteiger partial charge in [-0.05, 0) is 13.8 Å². The van der Waals surface area contributed by atoms with Crippen LogP contribution in [0.3, 0.4) is 0 Å². The molecule has 0 aliphatic carbocycles. The fourth-order valence-corrected chi connectivity index (χ4v) is 0.609. The van der Waals surface area contributed by atoms with E-state index in [2.05, 4.69) is 4.99 Å². The van der Waals surface area contributed by atoms with Crippen LogP contribution in [0.2, 0.25) is 5.82 Å². The third-order valence-electron chi connectivity index (χ3n) is 1.51. The molecule has 0 aliphatic rings. The van der Waals surface area contributed by atoms with E-state index in [-0.39, 0.29) is 5.82 Å². The molecule has 1 unspecified atom stereocenters. The number of nitrogens with zero attached hydrogens (tertiary/aromatic N) is 1. The highest BCUT2D eigenvalue weighted by Crippen LogP contribution is 2.07. The maximum atomic E-state index is 8.69. The minimum atomic E-state index is -1.28. The molecule has 0 radical (unpaired) electrons. The first-order chi connectivity index (χ1) is 4.59. The van der Waals surface area contributed by atoms with Gasteiger partial charge in [0.05, 0.1) is 0 Å². The van der Waals surface area contributed by atoms with Crippen LogP contribution in [0.5, 0.6) is 0 Å². The van der Waals surface area contributed by atoms with Gasteiger partial charge in [-0.2, -0.15) is 0 Å². The molecule has 3 nitrogen and oxygen atoms in total. The molecule has 0 bridgehead atoms. The van der Waals surface area contributed by atoms with Crippen LogP contribution in [0.15, 0.2) is 4.99 Å². The van der Waals surface area contributed by atoms with Crippen molar-refractivity contribution in [3.05, 3.63) is 0 Å². The Morgan fingerprint density at radius 1 is 1.60 bits per heavy atom. The van der Waals surface area contributed by atoms with Crippen molar-refractivity contribution in [2.24, 2.45) is 4.99 Å². The first-order valence-corrected chi connectivity index (χ1v) is 3.46. The largest absolute Gasteiger partial charge is 0.460 e. The summed E-state index contributed by atoms with van der Waals surface area (Å²) in [5.41, 5.74) is 0.789. The molecule has 1 atom stereocenters. The summed E-state index contributed by atoms with van der Waals surface area (Å²) in [5, 5.41) is 17.4. The molecule has 0 aromatic heterocycles. The Morgan fingerprint density at radius 3 is 2.40 bits per heavy atom. The summed E-state index contributed by atoms with van der Waals surface area (Å²) < 4.78 is 0. The van der Waals surface area contributed by atoms with Crippen molar-refractivity contribution in [3.8, 4) is 0 Å². The molecule has 10 heavy (non-hydrogen) atoms. The van der Waals surface area contributed by atoms with Gasteiger partial charge in [-0.15, -0.1) is 0 Å². The van der Waals surface area contributed by atoms with Crippen LogP contribution in [0.1, 0.15) is 20.8 Å². The zero-order valence-electron chi connectivity index (χ0n) is 6.70. The quantitative estimate of drug-likeness (QED) is 0.441. The van der Waals surface area contributed by atoms with Gasteiger partial charge in [-0.3, -0.25) is 4.99 Å². The summed E-state index contributed by atoms with van der Waals surface area (Å²) in [6.45, 7) is 6.15. The second-order valence-corrected chi connectivity index (χ2v) is 2.32. The fraction of sp³-hybridized carbons (Fsp3) is 0.833. The predicted octanol–water partition coefficient (Wildman–Crippen LogP) is 0.330. The van der Waals surface area contributed by atoms with Crippen molar-refractivity contribution in [2.75, 3.05) is 6.54 Å². The molecule has 2 N–H and O–H groups in total. The maximum Gasteiger partial charge on any atom is 0.460 e. The lowest BCUT2D eigenvalue weighted by Gasteiger charge is -2.08. The molecule has 0 aromatic rings. The minimum Gasteiger partial charge on any atom is -0.427 e. The Labute approximate surface area is 61.9 Å². The Balaban J connectivity index is 3.93. The first kappa shape index (κ1) is 9.65. The molecule has 0 saturated heterocycles. The van der Waals surface area contributed by atoms with E-state index in [1.165, 1.54) is 0 Å². The summed E-state index contributed by atoms with van der Waals surface area (Å²) in [5.74, 6) is -0.250. The molecule has 58 valence electrons. The third kappa shape index (κ3) is 2.99. The van der Waals surface area contributed by atoms with Crippen LogP contribution >= 0.6 is 0 Å². The van der Waals surface area contributed by atoms with Gasteiger partial charge in [0.1, 0.15) is 0 Å². The van der Waals surface area contributed by atoms with E-state index in [0.717, 1.165) is 5.71 Å². The molecule has 0 rings (SSSR count). The van der Waals surface area contributed by atoms with E-state index < -0.39 is 7.12 Å². The monoisotopic (exact) mass is 143 g/mol. The van der Waals surface area contributed by atoms with Crippen molar-refractivity contribution < 1.29 is 10.0 Å². The van der Waals surface area contributed by atoms with Gasteiger partial charge in [0, 0.05) is 18.1 Å². The van der Waals surface area contributed by atoms with Gasteiger partial charge in [-0.25, -0.2) is 0 Å². The second kappa shape index (κ2) is 4.47. The lowest BCUT2D eigenvalue weighted by Crippen LogP contribution is -2.23. The molecule has 0 saturated carbocycles. The number of aliphatic imine (C=N–C) groups is 1. The van der Waals surface area contributed by atoms with Crippen molar-refractivity contribution in [1.29, 1.82) is 0 Å². The molecule has 0 spiro atoms. The van der Waals surface area contributed by atoms with Crippen molar-refractivity contribution in [1.82, 2.24) is 0 Å². The average molecular weight is 143 g/mol. The van der Waals surface area contributed by atoms with Gasteiger partial charge >= 0.3 is 7.12 Å². The smallest absolute Gasteiger partial charge is 0.427 e. The van der Waals surface area contributed by atoms with Gasteiger partial charge in [-0.1, -0.05) is 6.92 Å². The highest BCUT2D eigenvalue weighted by Gasteiger charge is 2.19. The maximum absolute atomic E-state index is 8.69. The zero-order chi connectivity index (χ0) is 8.15. The molecule has 0 amide bonds. The number of hydrogen-bond acceptors (Lipinski definition) is 3. The summed E-state index contributed by atoms with van der Waals surface area (Å²) in [6, 6.07) is 0. The molecule has 0 aliphatic heterocycles. The Kier molecular flexibility index (Phi) is 4.31. The Hall–Kier alpha value is -0.345. The summed E-state index contributed by atoms with van der Waals surface area (Å²) >= 11 is 0. The standard InChI is InChI=1S/C6H14BNO2/c1-4-8-6(3)5(2)7(9)10/h5,9-10H,4H2,1-3H3. The van der Waals surface area contributed by atoms with Crippen LogP contribution < -0.4 is 0 Å². The lowest BCUT2D eigenvalue weighted by atomic mass is 9.72. The van der Waals surface area contributed by atoms with Crippen LogP contribution in [-0.2, 0) is 0 Å². The molecule has 4 heteroatoms. The summed E-state index contributed by atoms with van der Waals surface area (Å²) in [7, 11) is -1.28. The molecular weight excluding hydrogens is 129 g/mol. The normalized spacial score (nSPS) is 15.1. The second-order valence-electron chi connectivity index (χ2n) is 2.32. The molecular formula is C6H14BNO2. The number of hydrogen-bond donors (Lipinski definition) is 2. The van der Waals surface area contributed by atoms with Gasteiger partial charge in [0.25, 0.3) is 0 Å². The lowest BCUT2D eigenvalue weighted by molar-refractivity contribution is 0.400. The minimum absolute atomic E-state index is 0.250. The van der Waals surface area contributed by atoms with Gasteiger partial charge < -0.3 is 10.0 Å². The fourth-order valence-electron chi connectivity index (χ4n) is 0.609. The zero-order valence-corrected chi connectivity index (χ0v) is 6.70. The van der Waals surface area contributed by atoms with E-state index >= 15 is 0 Å². The van der Waals surface area contributed by atoms with Crippen LogP contribution in [-0.4, -0.2) is 29.4 Å². The highest BCUT2D eigenvalue weighted by molar-refractivity contribution is 6.49. The summed E-state index contributed by atoms with van der Waals surface area (Å²) in [4.78, 5) is 4.04. The number of rotatable bonds is 3. The van der Waals surface area contributed by atoms with E-state index in [0.29, 0.717) is 6.54 Å². The predicted molar refractivity (Wildman–Crippen MR) is 43.3 cm³/mol. The van der Waals surface area contributed by atoms with E-state index in [1.54, 1.807) is 13.8 Å². The SMILES string of the molecule is CCN=C(C)C(C)B(O)O. The Bertz CT molecular complexity index is 125. The third-order valence-corrected chi connectivity index (χ3v) is 1.51. The van der Waals surface area contributed by atoms with Crippen LogP contribution in [0, 0.1) is 0 Å². The van der Waals surface area contributed by atoms with Crippen molar-refractivity contribution >= 4 is 12.8 Å². The van der Waals surface area contributed by atoms with Crippen LogP contribution in [0.25, 0.3) is 0 Å². The van der Waals surface area contributed by atoms with Crippen molar-refractivity contribution in [2.45, 2.75) is 26.6 Å². The molecule has 0 fully saturated rings. The highest BCUT2D eigenvalue weighted by atomic mass is 16.4. The van der Waals surface area contributed by atoms with E-state index in [4.69, 9.17) is 10.0 Å². The Morgan fingerprint density at radius 2 is 2.10 bits per heavy atom. The van der Waals surface area contributed by atoms with Gasteiger partial charge in [0.2, 0.25) is 0 Å². The van der Waals surface area contributed by atoms with Crippen LogP contribution in [0.4, 0.5) is 0 Å². The molecule has 0 heterocycles.